The van der Waals surface area contributed by atoms with Gasteiger partial charge in [0.15, 0.2) is 0 Å². The summed E-state index contributed by atoms with van der Waals surface area (Å²) in [5.74, 6) is 1.29. The van der Waals surface area contributed by atoms with E-state index < -0.39 is 0 Å². The third kappa shape index (κ3) is 4.75. The molecule has 0 aromatic heterocycles. The molecule has 1 fully saturated rings. The molecule has 0 bridgehead atoms. The van der Waals surface area contributed by atoms with Crippen LogP contribution in [0.5, 0.6) is 11.5 Å². The van der Waals surface area contributed by atoms with Crippen molar-refractivity contribution in [1.82, 2.24) is 0 Å². The van der Waals surface area contributed by atoms with Crippen molar-refractivity contribution in [3.8, 4) is 11.5 Å². The van der Waals surface area contributed by atoms with Crippen molar-refractivity contribution in [2.75, 3.05) is 13.2 Å². The van der Waals surface area contributed by atoms with E-state index in [0.29, 0.717) is 24.5 Å². The minimum Gasteiger partial charge on any atom is -0.490 e. The number of benzene rings is 2. The van der Waals surface area contributed by atoms with Crippen LogP contribution in [0.25, 0.3) is 0 Å². The number of hydrogen-bond acceptors (Lipinski definition) is 4. The molecule has 1 saturated carbocycles. The number of esters is 1. The Morgan fingerprint density at radius 1 is 0.833 bits per heavy atom. The molecule has 0 saturated heterocycles. The van der Waals surface area contributed by atoms with Crippen LogP contribution in [0, 0.1) is 0 Å². The maximum atomic E-state index is 12.0. The van der Waals surface area contributed by atoms with Crippen molar-refractivity contribution in [2.24, 2.45) is 0 Å². The highest BCUT2D eigenvalue weighted by Gasteiger charge is 2.19. The van der Waals surface area contributed by atoms with E-state index in [1.165, 1.54) is 0 Å². The van der Waals surface area contributed by atoms with Crippen LogP contribution in [0.2, 0.25) is 0 Å². The molecule has 1 aliphatic carbocycles. The molecule has 3 rings (SSSR count). The van der Waals surface area contributed by atoms with Gasteiger partial charge in [-0.05, 0) is 62.1 Å². The summed E-state index contributed by atoms with van der Waals surface area (Å²) >= 11 is 0. The molecule has 2 aromatic rings. The largest absolute Gasteiger partial charge is 0.490 e. The summed E-state index contributed by atoms with van der Waals surface area (Å²) in [6.07, 6.45) is 4.34. The Bertz CT molecular complexity index is 630. The van der Waals surface area contributed by atoms with E-state index in [4.69, 9.17) is 14.2 Å². The molecule has 4 heteroatoms. The second-order valence-corrected chi connectivity index (χ2v) is 5.85. The van der Waals surface area contributed by atoms with Gasteiger partial charge in [-0.1, -0.05) is 18.2 Å². The number of rotatable bonds is 7. The van der Waals surface area contributed by atoms with Gasteiger partial charge < -0.3 is 14.2 Å². The topological polar surface area (TPSA) is 44.8 Å². The van der Waals surface area contributed by atoms with Crippen LogP contribution in [0.4, 0.5) is 0 Å². The molecule has 0 radical (unpaired) electrons. The lowest BCUT2D eigenvalue weighted by Gasteiger charge is -2.12. The van der Waals surface area contributed by atoms with Gasteiger partial charge in [0, 0.05) is 0 Å². The van der Waals surface area contributed by atoms with Crippen LogP contribution >= 0.6 is 0 Å². The van der Waals surface area contributed by atoms with Crippen molar-refractivity contribution < 1.29 is 19.0 Å². The van der Waals surface area contributed by atoms with Crippen LogP contribution in [-0.2, 0) is 4.74 Å². The molecule has 0 heterocycles. The van der Waals surface area contributed by atoms with E-state index >= 15 is 0 Å². The molecule has 0 aliphatic heterocycles. The van der Waals surface area contributed by atoms with E-state index in [0.717, 1.165) is 31.4 Å². The fourth-order valence-electron chi connectivity index (χ4n) is 2.75. The Kier molecular flexibility index (Phi) is 5.72. The summed E-state index contributed by atoms with van der Waals surface area (Å²) in [6, 6.07) is 16.7. The first-order chi connectivity index (χ1) is 11.8. The van der Waals surface area contributed by atoms with E-state index in [1.54, 1.807) is 24.3 Å². The highest BCUT2D eigenvalue weighted by molar-refractivity contribution is 5.89. The molecule has 24 heavy (non-hydrogen) atoms. The van der Waals surface area contributed by atoms with Crippen LogP contribution in [0.1, 0.15) is 36.0 Å². The van der Waals surface area contributed by atoms with Gasteiger partial charge in [0.05, 0.1) is 5.56 Å². The van der Waals surface area contributed by atoms with Gasteiger partial charge in [0.2, 0.25) is 0 Å². The van der Waals surface area contributed by atoms with Crippen molar-refractivity contribution in [3.05, 3.63) is 60.2 Å². The quantitative estimate of drug-likeness (QED) is 0.564. The lowest BCUT2D eigenvalue weighted by atomic mass is 10.2. The Morgan fingerprint density at radius 2 is 1.42 bits per heavy atom. The van der Waals surface area contributed by atoms with E-state index in [-0.39, 0.29) is 12.1 Å². The number of para-hydroxylation sites is 1. The summed E-state index contributed by atoms with van der Waals surface area (Å²) < 4.78 is 16.7. The first-order valence-corrected chi connectivity index (χ1v) is 8.43. The van der Waals surface area contributed by atoms with Gasteiger partial charge in [-0.15, -0.1) is 0 Å². The normalized spacial score (nSPS) is 14.3. The predicted octanol–water partition coefficient (Wildman–Crippen LogP) is 4.24. The second-order valence-electron chi connectivity index (χ2n) is 5.85. The fourth-order valence-corrected chi connectivity index (χ4v) is 2.75. The van der Waals surface area contributed by atoms with Gasteiger partial charge in [-0.2, -0.15) is 0 Å². The fraction of sp³-hybridized carbons (Fsp3) is 0.350. The Hall–Kier alpha value is -2.49. The Balaban J connectivity index is 1.41. The molecule has 0 atom stereocenters. The van der Waals surface area contributed by atoms with E-state index in [9.17, 15) is 4.79 Å². The lowest BCUT2D eigenvalue weighted by Crippen LogP contribution is -2.14. The van der Waals surface area contributed by atoms with Crippen LogP contribution in [-0.4, -0.2) is 25.3 Å². The van der Waals surface area contributed by atoms with Crippen LogP contribution in [0.3, 0.4) is 0 Å². The molecule has 0 N–H and O–H groups in total. The summed E-state index contributed by atoms with van der Waals surface area (Å²) in [5.41, 5.74) is 0.565. The smallest absolute Gasteiger partial charge is 0.338 e. The van der Waals surface area contributed by atoms with Crippen molar-refractivity contribution >= 4 is 5.97 Å². The monoisotopic (exact) mass is 326 g/mol. The zero-order valence-corrected chi connectivity index (χ0v) is 13.6. The zero-order valence-electron chi connectivity index (χ0n) is 13.6. The van der Waals surface area contributed by atoms with Crippen molar-refractivity contribution in [3.63, 3.8) is 0 Å². The Morgan fingerprint density at radius 3 is 2.04 bits per heavy atom. The number of carbonyl (C=O) groups excluding carboxylic acids is 1. The molecule has 0 amide bonds. The van der Waals surface area contributed by atoms with Crippen molar-refractivity contribution in [1.29, 1.82) is 0 Å². The summed E-state index contributed by atoms with van der Waals surface area (Å²) in [6.45, 7) is 0.913. The molecule has 2 aromatic carbocycles. The SMILES string of the molecule is O=C(OC1CCCC1)c1ccc(OCCOc2ccccc2)cc1. The maximum absolute atomic E-state index is 12.0. The summed E-state index contributed by atoms with van der Waals surface area (Å²) in [5, 5.41) is 0. The summed E-state index contributed by atoms with van der Waals surface area (Å²) in [4.78, 5) is 12.0. The lowest BCUT2D eigenvalue weighted by molar-refractivity contribution is 0.0318. The molecular weight excluding hydrogens is 304 g/mol. The average molecular weight is 326 g/mol. The van der Waals surface area contributed by atoms with E-state index in [1.807, 2.05) is 30.3 Å². The standard InChI is InChI=1S/C20H22O4/c21-20(24-19-8-4-5-9-19)16-10-12-18(13-11-16)23-15-14-22-17-6-2-1-3-7-17/h1-3,6-7,10-13,19H,4-5,8-9,14-15H2. The number of hydrogen-bond donors (Lipinski definition) is 0. The zero-order chi connectivity index (χ0) is 16.6. The van der Waals surface area contributed by atoms with Gasteiger partial charge in [0.1, 0.15) is 30.8 Å². The highest BCUT2D eigenvalue weighted by Crippen LogP contribution is 2.22. The van der Waals surface area contributed by atoms with Gasteiger partial charge in [-0.25, -0.2) is 4.79 Å². The first-order valence-electron chi connectivity index (χ1n) is 8.43. The molecule has 4 nitrogen and oxygen atoms in total. The average Bonchev–Trinajstić information content (AvgIpc) is 3.13. The predicted molar refractivity (Wildman–Crippen MR) is 91.5 cm³/mol. The third-order valence-corrected chi connectivity index (χ3v) is 4.03. The van der Waals surface area contributed by atoms with Gasteiger partial charge >= 0.3 is 5.97 Å². The second kappa shape index (κ2) is 8.39. The minimum absolute atomic E-state index is 0.0866. The number of carbonyl (C=O) groups is 1. The first kappa shape index (κ1) is 16.4. The highest BCUT2D eigenvalue weighted by atomic mass is 16.5. The van der Waals surface area contributed by atoms with Gasteiger partial charge in [-0.3, -0.25) is 0 Å². The van der Waals surface area contributed by atoms with Crippen molar-refractivity contribution in [2.45, 2.75) is 31.8 Å². The van der Waals surface area contributed by atoms with Crippen LogP contribution in [0.15, 0.2) is 54.6 Å². The molecule has 0 unspecified atom stereocenters. The van der Waals surface area contributed by atoms with Crippen LogP contribution < -0.4 is 9.47 Å². The number of ether oxygens (including phenoxy) is 3. The third-order valence-electron chi connectivity index (χ3n) is 4.03. The van der Waals surface area contributed by atoms with Gasteiger partial charge in [0.25, 0.3) is 0 Å². The van der Waals surface area contributed by atoms with E-state index in [2.05, 4.69) is 0 Å². The molecule has 126 valence electrons. The molecule has 0 spiro atoms. The molecule has 1 aliphatic rings. The minimum atomic E-state index is -0.249. The summed E-state index contributed by atoms with van der Waals surface area (Å²) in [7, 11) is 0. The Labute approximate surface area is 142 Å². The maximum Gasteiger partial charge on any atom is 0.338 e. The molecular formula is C20H22O4.